The number of benzene rings is 1. The number of nitrogens with zero attached hydrogens (tertiary/aromatic N) is 1. The molecule has 7 nitrogen and oxygen atoms in total. The molecule has 9 heteroatoms. The van der Waals surface area contributed by atoms with Crippen molar-refractivity contribution in [1.29, 1.82) is 0 Å². The van der Waals surface area contributed by atoms with Crippen LogP contribution in [0.5, 0.6) is 0 Å². The fourth-order valence-electron chi connectivity index (χ4n) is 5.09. The number of carbonyl (C=O) groups is 4. The number of imide groups is 1. The molecule has 0 aromatic heterocycles. The predicted molar refractivity (Wildman–Crippen MR) is 121 cm³/mol. The molecule has 2 bridgehead atoms. The van der Waals surface area contributed by atoms with Gasteiger partial charge in [0, 0.05) is 15.3 Å². The number of carbonyl (C=O) groups excluding carboxylic acids is 4. The maximum absolute atomic E-state index is 13.1. The van der Waals surface area contributed by atoms with Crippen molar-refractivity contribution < 1.29 is 23.9 Å². The summed E-state index contributed by atoms with van der Waals surface area (Å²) in [4.78, 5) is 52.3. The zero-order chi connectivity index (χ0) is 22.4. The molecule has 1 saturated heterocycles. The summed E-state index contributed by atoms with van der Waals surface area (Å²) in [6, 6.07) is 5.42. The van der Waals surface area contributed by atoms with Crippen LogP contribution in [0, 0.1) is 23.7 Å². The molecule has 1 heterocycles. The Morgan fingerprint density at radius 3 is 2.16 bits per heavy atom. The summed E-state index contributed by atoms with van der Waals surface area (Å²) in [7, 11) is 0. The summed E-state index contributed by atoms with van der Waals surface area (Å²) in [5.74, 6) is -1.84. The average Bonchev–Trinajstić information content (AvgIpc) is 3.36. The van der Waals surface area contributed by atoms with E-state index in [2.05, 4.69) is 37.2 Å². The van der Waals surface area contributed by atoms with Crippen molar-refractivity contribution in [3.8, 4) is 0 Å². The van der Waals surface area contributed by atoms with Gasteiger partial charge in [0.1, 0.15) is 6.04 Å². The minimum atomic E-state index is -0.915. The second-order valence-corrected chi connectivity index (χ2v) is 10.5. The van der Waals surface area contributed by atoms with Crippen LogP contribution < -0.4 is 5.32 Å². The molecule has 3 amide bonds. The summed E-state index contributed by atoms with van der Waals surface area (Å²) in [5.41, 5.74) is 0.866. The molecule has 166 valence electrons. The fourth-order valence-corrected chi connectivity index (χ4v) is 6.96. The highest BCUT2D eigenvalue weighted by Gasteiger charge is 2.67. The molecule has 0 spiro atoms. The van der Waals surface area contributed by atoms with E-state index in [9.17, 15) is 19.2 Å². The molecule has 3 aliphatic rings. The van der Waals surface area contributed by atoms with E-state index >= 15 is 0 Å². The Balaban J connectivity index is 1.43. The van der Waals surface area contributed by atoms with Crippen molar-refractivity contribution in [1.82, 2.24) is 4.90 Å². The zero-order valence-electron chi connectivity index (χ0n) is 17.2. The Morgan fingerprint density at radius 2 is 1.65 bits per heavy atom. The van der Waals surface area contributed by atoms with E-state index in [1.54, 1.807) is 31.2 Å². The second kappa shape index (κ2) is 8.65. The summed E-state index contributed by atoms with van der Waals surface area (Å²) >= 11 is 7.33. The lowest BCUT2D eigenvalue weighted by atomic mass is 9.81. The highest BCUT2D eigenvalue weighted by Crippen LogP contribution is 2.60. The Kier molecular flexibility index (Phi) is 6.27. The zero-order valence-corrected chi connectivity index (χ0v) is 20.4. The SMILES string of the molecule is CCCOC(=O)c1ccc(NC(=O)[C@H](C)N2C(=O)[C@@H]3[C@H]4C[C@@H]([C@@H](Br)[C@H]4Br)[C@H]3C2=O)cc1. The highest BCUT2D eigenvalue weighted by atomic mass is 79.9. The monoisotopic (exact) mass is 554 g/mol. The van der Waals surface area contributed by atoms with Gasteiger partial charge in [-0.05, 0) is 55.9 Å². The third-order valence-corrected chi connectivity index (χ3v) is 9.82. The Labute approximate surface area is 197 Å². The van der Waals surface area contributed by atoms with Crippen molar-refractivity contribution >= 4 is 61.2 Å². The van der Waals surface area contributed by atoms with Crippen LogP contribution in [0.3, 0.4) is 0 Å². The number of anilines is 1. The number of hydrogen-bond acceptors (Lipinski definition) is 5. The maximum atomic E-state index is 13.1. The van der Waals surface area contributed by atoms with Crippen molar-refractivity contribution in [3.63, 3.8) is 0 Å². The Hall–Kier alpha value is -1.74. The third-order valence-electron chi connectivity index (χ3n) is 6.61. The normalized spacial score (nSPS) is 32.2. The molecule has 2 saturated carbocycles. The quantitative estimate of drug-likeness (QED) is 0.330. The first-order valence-electron chi connectivity index (χ1n) is 10.5. The highest BCUT2D eigenvalue weighted by molar-refractivity contribution is 9.12. The molecule has 1 aliphatic heterocycles. The standard InChI is InChI=1S/C22H24Br2N2O5/c1-3-8-31-22(30)11-4-6-12(7-5-11)25-19(27)10(2)26-20(28)15-13-9-14(16(15)21(26)29)18(24)17(13)23/h4-7,10,13-18H,3,8-9H2,1-2H3,(H,25,27)/t10-,13+,14+,15+,16+,17-,18+/m0/s1. The van der Waals surface area contributed by atoms with Crippen LogP contribution in [-0.4, -0.2) is 50.9 Å². The lowest BCUT2D eigenvalue weighted by Gasteiger charge is -2.28. The first-order valence-corrected chi connectivity index (χ1v) is 12.3. The molecule has 3 fully saturated rings. The van der Waals surface area contributed by atoms with E-state index in [-0.39, 0.29) is 45.1 Å². The van der Waals surface area contributed by atoms with E-state index in [4.69, 9.17) is 4.74 Å². The van der Waals surface area contributed by atoms with Gasteiger partial charge in [0.15, 0.2) is 0 Å². The van der Waals surface area contributed by atoms with Gasteiger partial charge in [-0.15, -0.1) is 0 Å². The molecular weight excluding hydrogens is 532 g/mol. The van der Waals surface area contributed by atoms with Crippen LogP contribution >= 0.6 is 31.9 Å². The van der Waals surface area contributed by atoms with Gasteiger partial charge in [0.2, 0.25) is 17.7 Å². The average molecular weight is 556 g/mol. The molecule has 2 aliphatic carbocycles. The van der Waals surface area contributed by atoms with E-state index in [0.29, 0.717) is 17.9 Å². The van der Waals surface area contributed by atoms with Gasteiger partial charge in [-0.1, -0.05) is 38.8 Å². The summed E-state index contributed by atoms with van der Waals surface area (Å²) in [6.07, 6.45) is 1.58. The van der Waals surface area contributed by atoms with Crippen LogP contribution in [0.2, 0.25) is 0 Å². The minimum absolute atomic E-state index is 0.107. The van der Waals surface area contributed by atoms with Crippen LogP contribution in [0.25, 0.3) is 0 Å². The van der Waals surface area contributed by atoms with E-state index in [1.807, 2.05) is 6.92 Å². The summed E-state index contributed by atoms with van der Waals surface area (Å²) in [5, 5.41) is 2.73. The van der Waals surface area contributed by atoms with Gasteiger partial charge in [-0.2, -0.15) is 0 Å². The van der Waals surface area contributed by atoms with Crippen LogP contribution in [-0.2, 0) is 19.1 Å². The van der Waals surface area contributed by atoms with Gasteiger partial charge >= 0.3 is 5.97 Å². The first kappa shape index (κ1) is 22.5. The lowest BCUT2D eigenvalue weighted by Crippen LogP contribution is -2.46. The maximum Gasteiger partial charge on any atom is 0.338 e. The number of fused-ring (bicyclic) bond motifs is 5. The molecular formula is C22H24Br2N2O5. The van der Waals surface area contributed by atoms with Gasteiger partial charge in [0.25, 0.3) is 0 Å². The Bertz CT molecular complexity index is 889. The number of ether oxygens (including phenoxy) is 1. The number of alkyl halides is 2. The van der Waals surface area contributed by atoms with Gasteiger partial charge in [-0.3, -0.25) is 19.3 Å². The number of amides is 3. The smallest absolute Gasteiger partial charge is 0.338 e. The summed E-state index contributed by atoms with van der Waals surface area (Å²) < 4.78 is 5.09. The van der Waals surface area contributed by atoms with E-state index in [1.165, 1.54) is 0 Å². The molecule has 0 unspecified atom stereocenters. The molecule has 1 N–H and O–H groups in total. The van der Waals surface area contributed by atoms with E-state index in [0.717, 1.165) is 17.7 Å². The molecule has 31 heavy (non-hydrogen) atoms. The number of likely N-dealkylation sites (tertiary alicyclic amines) is 1. The molecule has 7 atom stereocenters. The minimum Gasteiger partial charge on any atom is -0.462 e. The lowest BCUT2D eigenvalue weighted by molar-refractivity contribution is -0.146. The molecule has 4 rings (SSSR count). The number of halogens is 2. The molecule has 0 radical (unpaired) electrons. The number of esters is 1. The number of hydrogen-bond donors (Lipinski definition) is 1. The van der Waals surface area contributed by atoms with Crippen LogP contribution in [0.1, 0.15) is 37.0 Å². The fraction of sp³-hybridized carbons (Fsp3) is 0.545. The molecule has 1 aromatic carbocycles. The number of nitrogens with one attached hydrogen (secondary N) is 1. The summed E-state index contributed by atoms with van der Waals surface area (Å²) in [6.45, 7) is 3.83. The van der Waals surface area contributed by atoms with Gasteiger partial charge in [0.05, 0.1) is 24.0 Å². The van der Waals surface area contributed by atoms with Crippen LogP contribution in [0.4, 0.5) is 5.69 Å². The molecule has 1 aromatic rings. The van der Waals surface area contributed by atoms with Crippen molar-refractivity contribution in [2.75, 3.05) is 11.9 Å². The predicted octanol–water partition coefficient (Wildman–Crippen LogP) is 3.36. The first-order chi connectivity index (χ1) is 14.8. The topological polar surface area (TPSA) is 92.8 Å². The van der Waals surface area contributed by atoms with E-state index < -0.39 is 17.9 Å². The largest absolute Gasteiger partial charge is 0.462 e. The van der Waals surface area contributed by atoms with Crippen molar-refractivity contribution in [2.24, 2.45) is 23.7 Å². The van der Waals surface area contributed by atoms with Gasteiger partial charge in [-0.25, -0.2) is 4.79 Å². The Morgan fingerprint density at radius 1 is 1.10 bits per heavy atom. The third kappa shape index (κ3) is 3.73. The number of rotatable bonds is 6. The second-order valence-electron chi connectivity index (χ2n) is 8.43. The van der Waals surface area contributed by atoms with Crippen LogP contribution in [0.15, 0.2) is 24.3 Å². The van der Waals surface area contributed by atoms with Crippen molar-refractivity contribution in [2.45, 2.75) is 42.4 Å². The van der Waals surface area contributed by atoms with Crippen molar-refractivity contribution in [3.05, 3.63) is 29.8 Å². The van der Waals surface area contributed by atoms with Gasteiger partial charge < -0.3 is 10.1 Å².